The van der Waals surface area contributed by atoms with Crippen LogP contribution < -0.4 is 0 Å². The number of H-pyrrole nitrogens is 1. The summed E-state index contributed by atoms with van der Waals surface area (Å²) in [6, 6.07) is 2.34. The monoisotopic (exact) mass is 247 g/mol. The molecule has 1 N–H and O–H groups in total. The van der Waals surface area contributed by atoms with E-state index < -0.39 is 0 Å². The first kappa shape index (κ1) is 11.8. The predicted molar refractivity (Wildman–Crippen MR) is 69.5 cm³/mol. The van der Waals surface area contributed by atoms with Crippen molar-refractivity contribution in [3.8, 4) is 0 Å². The van der Waals surface area contributed by atoms with E-state index in [2.05, 4.69) is 24.0 Å². The van der Waals surface area contributed by atoms with E-state index in [9.17, 15) is 4.79 Å². The topological polar surface area (TPSA) is 49.0 Å². The molecule has 1 aromatic rings. The summed E-state index contributed by atoms with van der Waals surface area (Å²) in [6.45, 7) is 5.26. The molecular weight excluding hydrogens is 226 g/mol. The van der Waals surface area contributed by atoms with Crippen molar-refractivity contribution in [2.45, 2.75) is 51.5 Å². The Morgan fingerprint density at radius 1 is 1.44 bits per heavy atom. The van der Waals surface area contributed by atoms with Crippen LogP contribution in [0.25, 0.3) is 0 Å². The number of likely N-dealkylation sites (tertiary alicyclic amines) is 1. The van der Waals surface area contributed by atoms with Gasteiger partial charge < -0.3 is 4.90 Å². The van der Waals surface area contributed by atoms with Gasteiger partial charge in [0.1, 0.15) is 5.69 Å². The van der Waals surface area contributed by atoms with E-state index in [1.165, 1.54) is 12.8 Å². The van der Waals surface area contributed by atoms with Crippen LogP contribution in [-0.2, 0) is 0 Å². The lowest BCUT2D eigenvalue weighted by atomic mass is 10.0. The van der Waals surface area contributed by atoms with E-state index in [1.807, 2.05) is 11.0 Å². The molecule has 1 atom stereocenters. The van der Waals surface area contributed by atoms with Crippen LogP contribution in [0, 0.1) is 5.92 Å². The fourth-order valence-corrected chi connectivity index (χ4v) is 2.93. The molecular formula is C14H21N3O. The third-order valence-electron chi connectivity index (χ3n) is 4.16. The van der Waals surface area contributed by atoms with Crippen LogP contribution in [0.4, 0.5) is 0 Å². The van der Waals surface area contributed by atoms with E-state index in [0.717, 1.165) is 25.1 Å². The lowest BCUT2D eigenvalue weighted by molar-refractivity contribution is 0.0695. The molecule has 1 aliphatic heterocycles. The van der Waals surface area contributed by atoms with Gasteiger partial charge in [0.2, 0.25) is 0 Å². The number of aromatic nitrogens is 2. The second-order valence-electron chi connectivity index (χ2n) is 5.93. The van der Waals surface area contributed by atoms with Gasteiger partial charge in [-0.3, -0.25) is 9.89 Å². The molecule has 0 aromatic carbocycles. The van der Waals surface area contributed by atoms with Gasteiger partial charge in [0.15, 0.2) is 0 Å². The Labute approximate surface area is 108 Å². The number of amides is 1. The van der Waals surface area contributed by atoms with Crippen molar-refractivity contribution >= 4 is 5.91 Å². The second kappa shape index (κ2) is 4.41. The number of carbonyl (C=O) groups is 1. The molecule has 0 radical (unpaired) electrons. The lowest BCUT2D eigenvalue weighted by Gasteiger charge is -2.26. The maximum absolute atomic E-state index is 12.5. The zero-order valence-corrected chi connectivity index (χ0v) is 11.1. The number of nitrogens with one attached hydrogen (secondary N) is 1. The summed E-state index contributed by atoms with van der Waals surface area (Å²) >= 11 is 0. The molecule has 2 fully saturated rings. The Balaban J connectivity index is 1.76. The van der Waals surface area contributed by atoms with Gasteiger partial charge in [0, 0.05) is 24.2 Å². The largest absolute Gasteiger partial charge is 0.334 e. The summed E-state index contributed by atoms with van der Waals surface area (Å²) in [4.78, 5) is 14.5. The molecule has 18 heavy (non-hydrogen) atoms. The van der Waals surface area contributed by atoms with Crippen molar-refractivity contribution in [3.05, 3.63) is 17.5 Å². The van der Waals surface area contributed by atoms with E-state index in [1.54, 1.807) is 0 Å². The van der Waals surface area contributed by atoms with E-state index in [-0.39, 0.29) is 5.91 Å². The number of aromatic amines is 1. The molecule has 2 heterocycles. The molecule has 0 unspecified atom stereocenters. The van der Waals surface area contributed by atoms with Crippen molar-refractivity contribution in [2.24, 2.45) is 5.92 Å². The Bertz CT molecular complexity index is 448. The van der Waals surface area contributed by atoms with Crippen molar-refractivity contribution in [1.29, 1.82) is 0 Å². The summed E-state index contributed by atoms with van der Waals surface area (Å²) in [6.07, 6.45) is 4.71. The molecule has 4 nitrogen and oxygen atoms in total. The molecule has 4 heteroatoms. The van der Waals surface area contributed by atoms with Crippen LogP contribution in [0.15, 0.2) is 6.07 Å². The highest BCUT2D eigenvalue weighted by Gasteiger charge is 2.33. The molecule has 0 bridgehead atoms. The van der Waals surface area contributed by atoms with Gasteiger partial charge in [0.05, 0.1) is 0 Å². The highest BCUT2D eigenvalue weighted by molar-refractivity contribution is 5.92. The van der Waals surface area contributed by atoms with Crippen molar-refractivity contribution < 1.29 is 4.79 Å². The zero-order valence-electron chi connectivity index (χ0n) is 11.1. The Morgan fingerprint density at radius 2 is 2.22 bits per heavy atom. The van der Waals surface area contributed by atoms with Crippen molar-refractivity contribution in [2.75, 3.05) is 6.54 Å². The number of hydrogen-bond donors (Lipinski definition) is 1. The van der Waals surface area contributed by atoms with Gasteiger partial charge in [-0.2, -0.15) is 5.10 Å². The van der Waals surface area contributed by atoms with Crippen LogP contribution in [0.5, 0.6) is 0 Å². The fraction of sp³-hybridized carbons (Fsp3) is 0.714. The molecule has 3 rings (SSSR count). The first-order valence-corrected chi connectivity index (χ1v) is 7.03. The first-order chi connectivity index (χ1) is 8.66. The fourth-order valence-electron chi connectivity index (χ4n) is 2.93. The maximum Gasteiger partial charge on any atom is 0.274 e. The lowest BCUT2D eigenvalue weighted by Crippen LogP contribution is -2.38. The van der Waals surface area contributed by atoms with Crippen LogP contribution in [-0.4, -0.2) is 33.6 Å². The van der Waals surface area contributed by atoms with Gasteiger partial charge in [-0.25, -0.2) is 0 Å². The SMILES string of the molecule is CC(C)[C@@H]1CCCN1C(=O)c1cc(C2CC2)[nH]n1. The summed E-state index contributed by atoms with van der Waals surface area (Å²) in [7, 11) is 0. The van der Waals surface area contributed by atoms with Crippen molar-refractivity contribution in [1.82, 2.24) is 15.1 Å². The third-order valence-corrected chi connectivity index (χ3v) is 4.16. The molecule has 1 aromatic heterocycles. The molecule has 1 saturated carbocycles. The quantitative estimate of drug-likeness (QED) is 0.892. The average molecular weight is 247 g/mol. The maximum atomic E-state index is 12.5. The van der Waals surface area contributed by atoms with Gasteiger partial charge in [-0.05, 0) is 37.7 Å². The summed E-state index contributed by atoms with van der Waals surface area (Å²) in [5, 5.41) is 7.22. The zero-order chi connectivity index (χ0) is 12.7. The number of hydrogen-bond acceptors (Lipinski definition) is 2. The third kappa shape index (κ3) is 2.04. The smallest absolute Gasteiger partial charge is 0.274 e. The van der Waals surface area contributed by atoms with Gasteiger partial charge >= 0.3 is 0 Å². The van der Waals surface area contributed by atoms with E-state index in [4.69, 9.17) is 0 Å². The van der Waals surface area contributed by atoms with E-state index in [0.29, 0.717) is 23.6 Å². The summed E-state index contributed by atoms with van der Waals surface area (Å²) < 4.78 is 0. The van der Waals surface area contributed by atoms with Crippen LogP contribution in [0.3, 0.4) is 0 Å². The average Bonchev–Trinajstić information content (AvgIpc) is 2.92. The van der Waals surface area contributed by atoms with Crippen LogP contribution in [0.1, 0.15) is 61.6 Å². The highest BCUT2D eigenvalue weighted by Crippen LogP contribution is 2.39. The van der Waals surface area contributed by atoms with Crippen molar-refractivity contribution in [3.63, 3.8) is 0 Å². The summed E-state index contributed by atoms with van der Waals surface area (Å²) in [5.74, 6) is 1.26. The van der Waals surface area contributed by atoms with E-state index >= 15 is 0 Å². The number of carbonyl (C=O) groups excluding carboxylic acids is 1. The standard InChI is InChI=1S/C14H21N3O/c1-9(2)13-4-3-7-17(13)14(18)12-8-11(15-16-12)10-5-6-10/h8-10,13H,3-7H2,1-2H3,(H,15,16)/t13-/m0/s1. The second-order valence-corrected chi connectivity index (χ2v) is 5.93. The number of nitrogens with zero attached hydrogens (tertiary/aromatic N) is 2. The first-order valence-electron chi connectivity index (χ1n) is 7.03. The van der Waals surface area contributed by atoms with Gasteiger partial charge in [0.25, 0.3) is 5.91 Å². The summed E-state index contributed by atoms with van der Waals surface area (Å²) in [5.41, 5.74) is 1.74. The normalized spacial score (nSPS) is 23.9. The van der Waals surface area contributed by atoms with Crippen LogP contribution in [0.2, 0.25) is 0 Å². The molecule has 1 amide bonds. The van der Waals surface area contributed by atoms with Crippen LogP contribution >= 0.6 is 0 Å². The predicted octanol–water partition coefficient (Wildman–Crippen LogP) is 2.55. The van der Waals surface area contributed by atoms with Gasteiger partial charge in [-0.1, -0.05) is 13.8 Å². The molecule has 98 valence electrons. The Morgan fingerprint density at radius 3 is 2.89 bits per heavy atom. The highest BCUT2D eigenvalue weighted by atomic mass is 16.2. The minimum absolute atomic E-state index is 0.106. The minimum atomic E-state index is 0.106. The molecule has 0 spiro atoms. The molecule has 1 aliphatic carbocycles. The Kier molecular flexibility index (Phi) is 2.88. The number of rotatable bonds is 3. The minimum Gasteiger partial charge on any atom is -0.334 e. The Hall–Kier alpha value is -1.32. The molecule has 2 aliphatic rings. The van der Waals surface area contributed by atoms with Gasteiger partial charge in [-0.15, -0.1) is 0 Å². The molecule has 1 saturated heterocycles.